The lowest BCUT2D eigenvalue weighted by atomic mass is 9.91. The van der Waals surface area contributed by atoms with Gasteiger partial charge in [0.2, 0.25) is 5.95 Å². The minimum absolute atomic E-state index is 0.0931. The summed E-state index contributed by atoms with van der Waals surface area (Å²) in [4.78, 5) is 10.3. The molecule has 2 atom stereocenters. The van der Waals surface area contributed by atoms with E-state index in [1.165, 1.54) is 0 Å². The predicted octanol–water partition coefficient (Wildman–Crippen LogP) is 1.26. The molecule has 1 aromatic rings. The molecule has 7 heteroatoms. The Morgan fingerprint density at radius 3 is 2.89 bits per heavy atom. The molecule has 1 aliphatic carbocycles. The summed E-state index contributed by atoms with van der Waals surface area (Å²) in [5.41, 5.74) is 2.43. The molecular formula is C11H18BrN5O. The number of hydrogen-bond acceptors (Lipinski definition) is 6. The van der Waals surface area contributed by atoms with E-state index in [2.05, 4.69) is 31.3 Å². The molecule has 2 unspecified atom stereocenters. The van der Waals surface area contributed by atoms with Crippen molar-refractivity contribution in [2.45, 2.75) is 37.8 Å². The maximum Gasteiger partial charge on any atom is 0.239 e. The molecule has 0 aliphatic heterocycles. The molecule has 1 fully saturated rings. The lowest BCUT2D eigenvalue weighted by Crippen LogP contribution is -2.44. The average Bonchev–Trinajstić information content (AvgIpc) is 2.39. The van der Waals surface area contributed by atoms with Gasteiger partial charge in [-0.05, 0) is 28.8 Å². The lowest BCUT2D eigenvalue weighted by molar-refractivity contribution is 0.106. The standard InChI is InChI=1S/C11H18BrN5O/c1-17(8-4-2-3-5-9(8)18)10-7(12)6-14-11(15-10)16-13/h6,8-9,18H,2-5,13H2,1H3,(H,14,15,16). The molecule has 0 spiro atoms. The molecule has 6 nitrogen and oxygen atoms in total. The topological polar surface area (TPSA) is 87.3 Å². The number of hydrogen-bond donors (Lipinski definition) is 3. The molecule has 0 bridgehead atoms. The van der Waals surface area contributed by atoms with Gasteiger partial charge in [0.1, 0.15) is 5.82 Å². The Morgan fingerprint density at radius 2 is 2.22 bits per heavy atom. The second kappa shape index (κ2) is 5.81. The molecule has 0 aromatic carbocycles. The van der Waals surface area contributed by atoms with Gasteiger partial charge in [0.25, 0.3) is 0 Å². The third-order valence-electron chi connectivity index (χ3n) is 3.38. The van der Waals surface area contributed by atoms with Gasteiger partial charge in [-0.25, -0.2) is 10.8 Å². The van der Waals surface area contributed by atoms with Gasteiger partial charge < -0.3 is 10.0 Å². The van der Waals surface area contributed by atoms with Crippen LogP contribution < -0.4 is 16.2 Å². The fourth-order valence-corrected chi connectivity index (χ4v) is 2.85. The zero-order chi connectivity index (χ0) is 13.1. The summed E-state index contributed by atoms with van der Waals surface area (Å²) in [5.74, 6) is 6.42. The third-order valence-corrected chi connectivity index (χ3v) is 3.94. The van der Waals surface area contributed by atoms with Crippen LogP contribution in [-0.4, -0.2) is 34.3 Å². The van der Waals surface area contributed by atoms with Crippen molar-refractivity contribution in [3.63, 3.8) is 0 Å². The minimum Gasteiger partial charge on any atom is -0.391 e. The van der Waals surface area contributed by atoms with Crippen LogP contribution in [0.3, 0.4) is 0 Å². The zero-order valence-electron chi connectivity index (χ0n) is 10.3. The van der Waals surface area contributed by atoms with Crippen molar-refractivity contribution in [3.05, 3.63) is 10.7 Å². The number of nitrogen functional groups attached to an aromatic ring is 1. The van der Waals surface area contributed by atoms with Crippen LogP contribution in [0.25, 0.3) is 0 Å². The molecule has 0 radical (unpaired) electrons. The van der Waals surface area contributed by atoms with E-state index in [1.807, 2.05) is 11.9 Å². The lowest BCUT2D eigenvalue weighted by Gasteiger charge is -2.36. The van der Waals surface area contributed by atoms with Crippen molar-refractivity contribution in [1.82, 2.24) is 9.97 Å². The van der Waals surface area contributed by atoms with E-state index in [0.717, 1.165) is 36.0 Å². The van der Waals surface area contributed by atoms with E-state index in [-0.39, 0.29) is 12.1 Å². The van der Waals surface area contributed by atoms with Crippen molar-refractivity contribution in [1.29, 1.82) is 0 Å². The van der Waals surface area contributed by atoms with Crippen LogP contribution in [-0.2, 0) is 0 Å². The third kappa shape index (κ3) is 2.73. The summed E-state index contributed by atoms with van der Waals surface area (Å²) in [6.45, 7) is 0. The van der Waals surface area contributed by atoms with Gasteiger partial charge in [-0.1, -0.05) is 12.8 Å². The highest BCUT2D eigenvalue weighted by atomic mass is 79.9. The maximum absolute atomic E-state index is 10.1. The first-order valence-corrected chi connectivity index (χ1v) is 6.83. The number of hydrazine groups is 1. The summed E-state index contributed by atoms with van der Waals surface area (Å²) < 4.78 is 0.793. The Labute approximate surface area is 115 Å². The van der Waals surface area contributed by atoms with Crippen molar-refractivity contribution in [3.8, 4) is 0 Å². The molecule has 1 aliphatic rings. The molecular weight excluding hydrogens is 298 g/mol. The second-order valence-electron chi connectivity index (χ2n) is 4.54. The number of nitrogens with one attached hydrogen (secondary N) is 1. The smallest absolute Gasteiger partial charge is 0.239 e. The highest BCUT2D eigenvalue weighted by molar-refractivity contribution is 9.10. The zero-order valence-corrected chi connectivity index (χ0v) is 11.9. The quantitative estimate of drug-likeness (QED) is 0.575. The van der Waals surface area contributed by atoms with Crippen molar-refractivity contribution in [2.24, 2.45) is 5.84 Å². The van der Waals surface area contributed by atoms with E-state index >= 15 is 0 Å². The Kier molecular flexibility index (Phi) is 4.36. The van der Waals surface area contributed by atoms with E-state index in [1.54, 1.807) is 6.20 Å². The normalized spacial score (nSPS) is 23.8. The number of aromatic nitrogens is 2. The van der Waals surface area contributed by atoms with Gasteiger partial charge in [0.05, 0.1) is 16.6 Å². The number of aliphatic hydroxyl groups excluding tert-OH is 1. The summed E-state index contributed by atoms with van der Waals surface area (Å²) in [5, 5.41) is 10.1. The monoisotopic (exact) mass is 315 g/mol. The summed E-state index contributed by atoms with van der Waals surface area (Å²) >= 11 is 3.43. The number of likely N-dealkylation sites (N-methyl/N-ethyl adjacent to an activating group) is 1. The Hall–Kier alpha value is -0.920. The van der Waals surface area contributed by atoms with E-state index in [4.69, 9.17) is 5.84 Å². The van der Waals surface area contributed by atoms with Crippen molar-refractivity contribution in [2.75, 3.05) is 17.4 Å². The molecule has 1 saturated carbocycles. The highest BCUT2D eigenvalue weighted by Gasteiger charge is 2.28. The Bertz CT molecular complexity index is 416. The number of rotatable bonds is 3. The van der Waals surface area contributed by atoms with E-state index in [0.29, 0.717) is 5.95 Å². The molecule has 1 heterocycles. The first kappa shape index (κ1) is 13.5. The molecule has 0 amide bonds. The van der Waals surface area contributed by atoms with Gasteiger partial charge >= 0.3 is 0 Å². The molecule has 2 rings (SSSR count). The number of nitrogens with zero attached hydrogens (tertiary/aromatic N) is 3. The maximum atomic E-state index is 10.1. The van der Waals surface area contributed by atoms with Crippen LogP contribution in [0.4, 0.5) is 11.8 Å². The van der Waals surface area contributed by atoms with Crippen LogP contribution >= 0.6 is 15.9 Å². The van der Waals surface area contributed by atoms with Crippen LogP contribution in [0.15, 0.2) is 10.7 Å². The Balaban J connectivity index is 2.23. The van der Waals surface area contributed by atoms with Gasteiger partial charge in [-0.2, -0.15) is 4.98 Å². The fourth-order valence-electron chi connectivity index (χ4n) is 2.38. The molecule has 0 saturated heterocycles. The Morgan fingerprint density at radius 1 is 1.50 bits per heavy atom. The van der Waals surface area contributed by atoms with Gasteiger partial charge in [-0.3, -0.25) is 5.43 Å². The molecule has 100 valence electrons. The fraction of sp³-hybridized carbons (Fsp3) is 0.636. The second-order valence-corrected chi connectivity index (χ2v) is 5.39. The van der Waals surface area contributed by atoms with Crippen LogP contribution in [0, 0.1) is 0 Å². The summed E-state index contributed by atoms with van der Waals surface area (Å²) in [6, 6.07) is 0.0931. The van der Waals surface area contributed by atoms with Crippen LogP contribution in [0.1, 0.15) is 25.7 Å². The predicted molar refractivity (Wildman–Crippen MR) is 74.2 cm³/mol. The first-order valence-electron chi connectivity index (χ1n) is 6.03. The van der Waals surface area contributed by atoms with Crippen molar-refractivity contribution >= 4 is 27.7 Å². The minimum atomic E-state index is -0.306. The van der Waals surface area contributed by atoms with Gasteiger partial charge in [0, 0.05) is 13.2 Å². The SMILES string of the molecule is CN(c1nc(NN)ncc1Br)C1CCCCC1O. The number of aliphatic hydroxyl groups is 1. The number of anilines is 2. The van der Waals surface area contributed by atoms with Gasteiger partial charge in [0.15, 0.2) is 0 Å². The highest BCUT2D eigenvalue weighted by Crippen LogP contribution is 2.30. The summed E-state index contributed by atoms with van der Waals surface area (Å²) in [7, 11) is 1.94. The number of halogens is 1. The molecule has 4 N–H and O–H groups in total. The van der Waals surface area contributed by atoms with Crippen molar-refractivity contribution < 1.29 is 5.11 Å². The van der Waals surface area contributed by atoms with Crippen LogP contribution in [0.5, 0.6) is 0 Å². The van der Waals surface area contributed by atoms with E-state index in [9.17, 15) is 5.11 Å². The largest absolute Gasteiger partial charge is 0.391 e. The molecule has 18 heavy (non-hydrogen) atoms. The first-order chi connectivity index (χ1) is 8.63. The van der Waals surface area contributed by atoms with Crippen LogP contribution in [0.2, 0.25) is 0 Å². The average molecular weight is 316 g/mol. The number of nitrogens with two attached hydrogens (primary N) is 1. The summed E-state index contributed by atoms with van der Waals surface area (Å²) in [6.07, 6.45) is 5.39. The molecule has 1 aromatic heterocycles. The van der Waals surface area contributed by atoms with Gasteiger partial charge in [-0.15, -0.1) is 0 Å². The van der Waals surface area contributed by atoms with E-state index < -0.39 is 0 Å².